The molecule has 2 aliphatic rings. The average molecular weight is 554 g/mol. The molecule has 7 nitrogen and oxygen atoms in total. The molecule has 2 saturated heterocycles. The molecule has 0 saturated carbocycles. The minimum atomic E-state index is 0.149. The lowest BCUT2D eigenvalue weighted by atomic mass is 10.1. The van der Waals surface area contributed by atoms with Gasteiger partial charge in [0.2, 0.25) is 0 Å². The van der Waals surface area contributed by atoms with Gasteiger partial charge in [-0.2, -0.15) is 0 Å². The SMILES string of the molecule is COc1ccc(CCN2CCN(C(=O)c3ccc4c5ccccc5n(CCCN5CCN(C)CC5)c4c3)CC2)cc1. The van der Waals surface area contributed by atoms with Crippen LogP contribution in [0.4, 0.5) is 0 Å². The quantitative estimate of drug-likeness (QED) is 0.307. The maximum atomic E-state index is 13.6. The molecular weight excluding hydrogens is 510 g/mol. The molecule has 0 radical (unpaired) electrons. The normalized spacial score (nSPS) is 17.5. The Kier molecular flexibility index (Phi) is 8.56. The fourth-order valence-electron chi connectivity index (χ4n) is 6.38. The maximum Gasteiger partial charge on any atom is 0.254 e. The van der Waals surface area contributed by atoms with Gasteiger partial charge in [0.05, 0.1) is 7.11 Å². The van der Waals surface area contributed by atoms with Crippen LogP contribution in [0, 0.1) is 0 Å². The summed E-state index contributed by atoms with van der Waals surface area (Å²) in [5.41, 5.74) is 4.55. The molecule has 0 N–H and O–H groups in total. The fraction of sp³-hybridized carbons (Fsp3) is 0.441. The molecule has 3 heterocycles. The monoisotopic (exact) mass is 553 g/mol. The van der Waals surface area contributed by atoms with Crippen LogP contribution in [0.15, 0.2) is 66.7 Å². The molecule has 0 unspecified atom stereocenters. The van der Waals surface area contributed by atoms with E-state index >= 15 is 0 Å². The lowest BCUT2D eigenvalue weighted by molar-refractivity contribution is 0.0638. The first-order valence-corrected chi connectivity index (χ1v) is 15.2. The van der Waals surface area contributed by atoms with Crippen LogP contribution < -0.4 is 4.74 Å². The summed E-state index contributed by atoms with van der Waals surface area (Å²) < 4.78 is 7.71. The first kappa shape index (κ1) is 27.8. The average Bonchev–Trinajstić information content (AvgIpc) is 3.34. The van der Waals surface area contributed by atoms with Crippen molar-refractivity contribution in [2.75, 3.05) is 79.6 Å². The Labute approximate surface area is 243 Å². The second-order valence-corrected chi connectivity index (χ2v) is 11.6. The van der Waals surface area contributed by atoms with E-state index in [1.54, 1.807) is 7.11 Å². The summed E-state index contributed by atoms with van der Waals surface area (Å²) in [6.45, 7) is 11.1. The Morgan fingerprint density at radius 1 is 0.732 bits per heavy atom. The lowest BCUT2D eigenvalue weighted by Crippen LogP contribution is -2.49. The number of hydrogen-bond donors (Lipinski definition) is 0. The van der Waals surface area contributed by atoms with Gasteiger partial charge in [0.1, 0.15) is 5.75 Å². The molecule has 4 aromatic rings. The van der Waals surface area contributed by atoms with E-state index in [-0.39, 0.29) is 5.91 Å². The Bertz CT molecular complexity index is 1460. The third-order valence-electron chi connectivity index (χ3n) is 9.01. The van der Waals surface area contributed by atoms with Crippen molar-refractivity contribution in [1.82, 2.24) is 24.2 Å². The van der Waals surface area contributed by atoms with Crippen LogP contribution >= 0.6 is 0 Å². The first-order valence-electron chi connectivity index (χ1n) is 15.2. The van der Waals surface area contributed by atoms with E-state index in [1.807, 2.05) is 23.1 Å². The molecule has 0 aliphatic carbocycles. The highest BCUT2D eigenvalue weighted by Gasteiger charge is 2.23. The van der Waals surface area contributed by atoms with Gasteiger partial charge in [-0.1, -0.05) is 36.4 Å². The lowest BCUT2D eigenvalue weighted by Gasteiger charge is -2.34. The summed E-state index contributed by atoms with van der Waals surface area (Å²) in [5, 5.41) is 2.51. The highest BCUT2D eigenvalue weighted by atomic mass is 16.5. The third kappa shape index (κ3) is 6.27. The number of rotatable bonds is 9. The van der Waals surface area contributed by atoms with E-state index in [0.717, 1.165) is 96.1 Å². The van der Waals surface area contributed by atoms with Gasteiger partial charge in [0, 0.05) is 92.8 Å². The molecule has 216 valence electrons. The van der Waals surface area contributed by atoms with Crippen molar-refractivity contribution >= 4 is 27.7 Å². The molecular formula is C34H43N5O2. The predicted molar refractivity (Wildman–Crippen MR) is 167 cm³/mol. The number of nitrogens with zero attached hydrogens (tertiary/aromatic N) is 5. The molecule has 1 aromatic heterocycles. The van der Waals surface area contributed by atoms with Crippen LogP contribution in [0.3, 0.4) is 0 Å². The summed E-state index contributed by atoms with van der Waals surface area (Å²) >= 11 is 0. The summed E-state index contributed by atoms with van der Waals surface area (Å²) in [4.78, 5) is 23.1. The van der Waals surface area contributed by atoms with E-state index < -0.39 is 0 Å². The zero-order valence-corrected chi connectivity index (χ0v) is 24.6. The van der Waals surface area contributed by atoms with Crippen LogP contribution in [0.2, 0.25) is 0 Å². The van der Waals surface area contributed by atoms with Crippen molar-refractivity contribution in [3.8, 4) is 5.75 Å². The molecule has 3 aromatic carbocycles. The number of ether oxygens (including phenoxy) is 1. The number of aromatic nitrogens is 1. The highest BCUT2D eigenvalue weighted by molar-refractivity contribution is 6.10. The number of benzene rings is 3. The molecule has 2 aliphatic heterocycles. The van der Waals surface area contributed by atoms with E-state index in [0.29, 0.717) is 0 Å². The van der Waals surface area contributed by atoms with Gasteiger partial charge in [-0.25, -0.2) is 0 Å². The van der Waals surface area contributed by atoms with Crippen LogP contribution in [-0.2, 0) is 13.0 Å². The Hall–Kier alpha value is -3.39. The van der Waals surface area contributed by atoms with Crippen LogP contribution in [0.5, 0.6) is 5.75 Å². The standard InChI is InChI=1S/C34H43N5O2/c1-35-18-20-36(21-19-35)15-5-16-39-32-7-4-3-6-30(32)31-13-10-28(26-33(31)39)34(40)38-24-22-37(23-25-38)17-14-27-8-11-29(41-2)12-9-27/h3-4,6-13,26H,5,14-25H2,1-2H3. The molecule has 41 heavy (non-hydrogen) atoms. The molecule has 0 bridgehead atoms. The van der Waals surface area contributed by atoms with Crippen molar-refractivity contribution in [3.05, 3.63) is 77.9 Å². The number of carbonyl (C=O) groups is 1. The largest absolute Gasteiger partial charge is 0.497 e. The first-order chi connectivity index (χ1) is 20.1. The van der Waals surface area contributed by atoms with E-state index in [4.69, 9.17) is 4.74 Å². The van der Waals surface area contributed by atoms with Crippen molar-refractivity contribution < 1.29 is 9.53 Å². The summed E-state index contributed by atoms with van der Waals surface area (Å²) in [7, 11) is 3.90. The van der Waals surface area contributed by atoms with Crippen LogP contribution in [0.1, 0.15) is 22.3 Å². The Balaban J connectivity index is 1.10. The molecule has 2 fully saturated rings. The van der Waals surface area contributed by atoms with Crippen molar-refractivity contribution in [2.45, 2.75) is 19.4 Å². The maximum absolute atomic E-state index is 13.6. The van der Waals surface area contributed by atoms with Gasteiger partial charge in [-0.3, -0.25) is 9.69 Å². The number of aryl methyl sites for hydroxylation is 1. The van der Waals surface area contributed by atoms with Gasteiger partial charge in [0.25, 0.3) is 5.91 Å². The number of para-hydroxylation sites is 1. The fourth-order valence-corrected chi connectivity index (χ4v) is 6.38. The van der Waals surface area contributed by atoms with E-state index in [2.05, 4.69) is 74.8 Å². The number of carbonyl (C=O) groups excluding carboxylic acids is 1. The number of fused-ring (bicyclic) bond motifs is 3. The number of hydrogen-bond acceptors (Lipinski definition) is 5. The molecule has 7 heteroatoms. The summed E-state index contributed by atoms with van der Waals surface area (Å²) in [5.74, 6) is 1.04. The smallest absolute Gasteiger partial charge is 0.254 e. The Morgan fingerprint density at radius 3 is 2.17 bits per heavy atom. The molecule has 0 atom stereocenters. The second-order valence-electron chi connectivity index (χ2n) is 11.6. The van der Waals surface area contributed by atoms with Gasteiger partial charge in [0.15, 0.2) is 0 Å². The van der Waals surface area contributed by atoms with Crippen LogP contribution in [-0.4, -0.2) is 110 Å². The minimum absolute atomic E-state index is 0.149. The summed E-state index contributed by atoms with van der Waals surface area (Å²) in [6.07, 6.45) is 2.11. The molecule has 6 rings (SSSR count). The van der Waals surface area contributed by atoms with Crippen molar-refractivity contribution in [3.63, 3.8) is 0 Å². The van der Waals surface area contributed by atoms with Gasteiger partial charge in [-0.15, -0.1) is 0 Å². The zero-order chi connectivity index (χ0) is 28.2. The number of piperazine rings is 2. The van der Waals surface area contributed by atoms with Gasteiger partial charge in [-0.05, 0) is 62.3 Å². The number of likely N-dealkylation sites (N-methyl/N-ethyl adjacent to an activating group) is 1. The van der Waals surface area contributed by atoms with E-state index in [1.165, 1.54) is 27.4 Å². The van der Waals surface area contributed by atoms with Gasteiger partial charge >= 0.3 is 0 Å². The van der Waals surface area contributed by atoms with Crippen molar-refractivity contribution in [1.29, 1.82) is 0 Å². The number of methoxy groups -OCH3 is 1. The predicted octanol–water partition coefficient (Wildman–Crippen LogP) is 4.44. The van der Waals surface area contributed by atoms with Gasteiger partial charge < -0.3 is 24.0 Å². The van der Waals surface area contributed by atoms with Crippen LogP contribution in [0.25, 0.3) is 21.8 Å². The summed E-state index contributed by atoms with van der Waals surface area (Å²) in [6, 6.07) is 23.3. The molecule has 1 amide bonds. The molecule has 0 spiro atoms. The number of amides is 1. The van der Waals surface area contributed by atoms with Crippen molar-refractivity contribution in [2.24, 2.45) is 0 Å². The second kappa shape index (κ2) is 12.6. The minimum Gasteiger partial charge on any atom is -0.497 e. The third-order valence-corrected chi connectivity index (χ3v) is 9.01. The zero-order valence-electron chi connectivity index (χ0n) is 24.6. The highest BCUT2D eigenvalue weighted by Crippen LogP contribution is 2.30. The topological polar surface area (TPSA) is 44.2 Å². The van der Waals surface area contributed by atoms with E-state index in [9.17, 15) is 4.79 Å². The Morgan fingerprint density at radius 2 is 1.41 bits per heavy atom.